The molecule has 1 saturated carbocycles. The zero-order valence-electron chi connectivity index (χ0n) is 14.6. The molecule has 2 fully saturated rings. The van der Waals surface area contributed by atoms with E-state index in [4.69, 9.17) is 4.74 Å². The maximum atomic E-state index is 12.2. The number of nitrogens with one attached hydrogen (secondary N) is 2. The van der Waals surface area contributed by atoms with Crippen molar-refractivity contribution in [1.82, 2.24) is 10.6 Å². The van der Waals surface area contributed by atoms with Gasteiger partial charge < -0.3 is 15.4 Å². The summed E-state index contributed by atoms with van der Waals surface area (Å²) in [7, 11) is 0. The lowest BCUT2D eigenvalue weighted by Crippen LogP contribution is -2.35. The molecule has 1 aliphatic carbocycles. The fourth-order valence-electron chi connectivity index (χ4n) is 3.61. The van der Waals surface area contributed by atoms with Crippen LogP contribution in [0.2, 0.25) is 0 Å². The van der Waals surface area contributed by atoms with Crippen LogP contribution in [-0.4, -0.2) is 32.1 Å². The van der Waals surface area contributed by atoms with Gasteiger partial charge in [0.2, 0.25) is 5.91 Å². The topological polar surface area (TPSA) is 50.4 Å². The Bertz CT molecular complexity index is 539. The fraction of sp³-hybridized carbons (Fsp3) is 0.632. The number of carbonyl (C=O) groups is 1. The summed E-state index contributed by atoms with van der Waals surface area (Å²) in [5.41, 5.74) is 1.62. The second-order valence-corrected chi connectivity index (χ2v) is 7.23. The minimum atomic E-state index is 0. The van der Waals surface area contributed by atoms with Crippen molar-refractivity contribution in [2.45, 2.75) is 39.0 Å². The molecule has 5 heteroatoms. The number of hydrogen-bond acceptors (Lipinski definition) is 3. The summed E-state index contributed by atoms with van der Waals surface area (Å²) < 4.78 is 5.70. The van der Waals surface area contributed by atoms with E-state index in [2.05, 4.69) is 36.6 Å². The summed E-state index contributed by atoms with van der Waals surface area (Å²) in [5.74, 6) is 1.84. The predicted molar refractivity (Wildman–Crippen MR) is 98.9 cm³/mol. The third-order valence-corrected chi connectivity index (χ3v) is 5.32. The third kappa shape index (κ3) is 4.42. The Morgan fingerprint density at radius 3 is 2.58 bits per heavy atom. The lowest BCUT2D eigenvalue weighted by atomic mass is 9.92. The zero-order valence-corrected chi connectivity index (χ0v) is 15.5. The van der Waals surface area contributed by atoms with E-state index >= 15 is 0 Å². The first kappa shape index (κ1) is 19.1. The average molecular weight is 353 g/mol. The molecule has 24 heavy (non-hydrogen) atoms. The molecule has 1 aromatic rings. The Morgan fingerprint density at radius 1 is 1.29 bits per heavy atom. The maximum Gasteiger partial charge on any atom is 0.223 e. The average Bonchev–Trinajstić information content (AvgIpc) is 3.25. The van der Waals surface area contributed by atoms with Crippen molar-refractivity contribution in [3.8, 4) is 5.75 Å². The van der Waals surface area contributed by atoms with Crippen molar-refractivity contribution in [2.24, 2.45) is 11.3 Å². The zero-order chi connectivity index (χ0) is 16.3. The molecule has 4 nitrogen and oxygen atoms in total. The lowest BCUT2D eigenvalue weighted by Gasteiger charge is -2.23. The van der Waals surface area contributed by atoms with Crippen LogP contribution < -0.4 is 15.4 Å². The summed E-state index contributed by atoms with van der Waals surface area (Å²) >= 11 is 0. The maximum absolute atomic E-state index is 12.2. The van der Waals surface area contributed by atoms with E-state index < -0.39 is 0 Å². The molecule has 1 aliphatic heterocycles. The first-order valence-corrected chi connectivity index (χ1v) is 8.82. The molecule has 0 bridgehead atoms. The molecule has 0 radical (unpaired) electrons. The molecule has 2 aliphatic rings. The lowest BCUT2D eigenvalue weighted by molar-refractivity contribution is -0.123. The molecule has 1 heterocycles. The number of ether oxygens (including phenoxy) is 1. The fourth-order valence-corrected chi connectivity index (χ4v) is 3.61. The van der Waals surface area contributed by atoms with Gasteiger partial charge in [0, 0.05) is 5.92 Å². The minimum absolute atomic E-state index is 0. The van der Waals surface area contributed by atoms with Crippen molar-refractivity contribution >= 4 is 18.3 Å². The molecule has 1 saturated heterocycles. The second-order valence-electron chi connectivity index (χ2n) is 7.23. The predicted octanol–water partition coefficient (Wildman–Crippen LogP) is 3.12. The van der Waals surface area contributed by atoms with Crippen LogP contribution in [0, 0.1) is 11.3 Å². The Morgan fingerprint density at radius 2 is 1.96 bits per heavy atom. The number of amides is 1. The Kier molecular flexibility index (Phi) is 6.53. The number of halogens is 1. The Labute approximate surface area is 151 Å². The van der Waals surface area contributed by atoms with Crippen LogP contribution in [-0.2, 0) is 4.79 Å². The van der Waals surface area contributed by atoms with Crippen molar-refractivity contribution in [3.63, 3.8) is 0 Å². The van der Waals surface area contributed by atoms with Crippen LogP contribution in [0.25, 0.3) is 0 Å². The van der Waals surface area contributed by atoms with Gasteiger partial charge in [-0.05, 0) is 61.4 Å². The highest BCUT2D eigenvalue weighted by Gasteiger charge is 2.57. The molecule has 2 N–H and O–H groups in total. The number of piperidine rings is 1. The van der Waals surface area contributed by atoms with Gasteiger partial charge in [-0.1, -0.05) is 26.0 Å². The normalized spacial score (nSPS) is 21.2. The first-order valence-electron chi connectivity index (χ1n) is 8.82. The molecule has 0 aromatic heterocycles. The third-order valence-electron chi connectivity index (χ3n) is 5.32. The first-order chi connectivity index (χ1) is 11.1. The van der Waals surface area contributed by atoms with Gasteiger partial charge >= 0.3 is 0 Å². The van der Waals surface area contributed by atoms with E-state index in [0.29, 0.717) is 24.5 Å². The van der Waals surface area contributed by atoms with Crippen LogP contribution in [0.3, 0.4) is 0 Å². The number of rotatable bonds is 6. The molecule has 1 aromatic carbocycles. The van der Waals surface area contributed by atoms with Gasteiger partial charge in [-0.25, -0.2) is 0 Å². The van der Waals surface area contributed by atoms with Crippen LogP contribution in [0.4, 0.5) is 0 Å². The van der Waals surface area contributed by atoms with Gasteiger partial charge in [-0.2, -0.15) is 0 Å². The van der Waals surface area contributed by atoms with Gasteiger partial charge in [0.1, 0.15) is 12.4 Å². The monoisotopic (exact) mass is 352 g/mol. The number of hydrogen-bond donors (Lipinski definition) is 2. The summed E-state index contributed by atoms with van der Waals surface area (Å²) in [5, 5.41) is 6.40. The molecular formula is C19H29ClN2O2. The van der Waals surface area contributed by atoms with Crippen molar-refractivity contribution < 1.29 is 9.53 Å². The van der Waals surface area contributed by atoms with Crippen molar-refractivity contribution in [3.05, 3.63) is 29.8 Å². The van der Waals surface area contributed by atoms with E-state index in [1.807, 2.05) is 12.1 Å². The van der Waals surface area contributed by atoms with Crippen LogP contribution in [0.1, 0.15) is 44.6 Å². The van der Waals surface area contributed by atoms with Gasteiger partial charge in [0.05, 0.1) is 6.54 Å². The van der Waals surface area contributed by atoms with Gasteiger partial charge in [-0.15, -0.1) is 12.4 Å². The van der Waals surface area contributed by atoms with Crippen molar-refractivity contribution in [1.29, 1.82) is 0 Å². The van der Waals surface area contributed by atoms with Crippen molar-refractivity contribution in [2.75, 3.05) is 26.2 Å². The smallest absolute Gasteiger partial charge is 0.223 e. The molecule has 3 rings (SSSR count). The standard InChI is InChI=1S/C19H28N2O2.ClH/c1-14(2)15-3-5-16(6-4-15)23-12-11-21-18(22)17-13-19(17)7-9-20-10-8-19;/h3-6,14,17,20H,7-13H2,1-2H3,(H,21,22);1H. The second kappa shape index (κ2) is 8.21. The largest absolute Gasteiger partial charge is 0.492 e. The van der Waals surface area contributed by atoms with Gasteiger partial charge in [0.15, 0.2) is 0 Å². The van der Waals surface area contributed by atoms with Gasteiger partial charge in [-0.3, -0.25) is 4.79 Å². The van der Waals surface area contributed by atoms with Gasteiger partial charge in [0.25, 0.3) is 0 Å². The van der Waals surface area contributed by atoms with E-state index in [-0.39, 0.29) is 24.2 Å². The quantitative estimate of drug-likeness (QED) is 0.773. The SMILES string of the molecule is CC(C)c1ccc(OCCNC(=O)C2CC23CCNCC3)cc1.Cl. The summed E-state index contributed by atoms with van der Waals surface area (Å²) in [6.45, 7) is 7.57. The van der Waals surface area contributed by atoms with E-state index in [1.54, 1.807) is 0 Å². The molecule has 1 spiro atoms. The van der Waals surface area contributed by atoms with E-state index in [1.165, 1.54) is 5.56 Å². The highest BCUT2D eigenvalue weighted by Crippen LogP contribution is 2.58. The highest BCUT2D eigenvalue weighted by molar-refractivity contribution is 5.85. The van der Waals surface area contributed by atoms with Crippen LogP contribution in [0.5, 0.6) is 5.75 Å². The van der Waals surface area contributed by atoms with Crippen LogP contribution in [0.15, 0.2) is 24.3 Å². The number of carbonyl (C=O) groups excluding carboxylic acids is 1. The Balaban J connectivity index is 0.00000208. The summed E-state index contributed by atoms with van der Waals surface area (Å²) in [4.78, 5) is 12.2. The van der Waals surface area contributed by atoms with E-state index in [9.17, 15) is 4.79 Å². The molecule has 1 atom stereocenters. The summed E-state index contributed by atoms with van der Waals surface area (Å²) in [6.07, 6.45) is 3.35. The van der Waals surface area contributed by atoms with Crippen LogP contribution >= 0.6 is 12.4 Å². The highest BCUT2D eigenvalue weighted by atomic mass is 35.5. The number of benzene rings is 1. The molecule has 1 amide bonds. The molecular weight excluding hydrogens is 324 g/mol. The minimum Gasteiger partial charge on any atom is -0.492 e. The molecule has 1 unspecified atom stereocenters. The Hall–Kier alpha value is -1.26. The summed E-state index contributed by atoms with van der Waals surface area (Å²) in [6, 6.07) is 8.21. The molecule has 134 valence electrons. The van der Waals surface area contributed by atoms with E-state index in [0.717, 1.165) is 38.1 Å².